The number of non-ortho nitro benzene ring substituents is 1. The lowest BCUT2D eigenvalue weighted by Crippen LogP contribution is -2.47. The Morgan fingerprint density at radius 1 is 1.19 bits per heavy atom. The highest BCUT2D eigenvalue weighted by atomic mass is 32.2. The van der Waals surface area contributed by atoms with Crippen LogP contribution in [0.15, 0.2) is 48.5 Å². The number of hydrogen-bond donors (Lipinski definition) is 2. The van der Waals surface area contributed by atoms with Gasteiger partial charge in [0.1, 0.15) is 17.6 Å². The minimum atomic E-state index is -0.746. The number of ether oxygens (including phenoxy) is 1. The third-order valence-electron chi connectivity index (χ3n) is 4.50. The molecule has 0 aliphatic carbocycles. The summed E-state index contributed by atoms with van der Waals surface area (Å²) in [7, 11) is 0. The van der Waals surface area contributed by atoms with Gasteiger partial charge in [-0.25, -0.2) is 4.39 Å². The van der Waals surface area contributed by atoms with Crippen molar-refractivity contribution in [3.63, 3.8) is 0 Å². The SMILES string of the molecule is CSCCC(NC(=O)c1cccc([N+](=O)[O-])c1)C(=O)NCCCCOc1ccc(F)cc1. The molecule has 0 fully saturated rings. The van der Waals surface area contributed by atoms with Crippen LogP contribution in [-0.2, 0) is 4.79 Å². The molecule has 0 saturated carbocycles. The van der Waals surface area contributed by atoms with Crippen molar-refractivity contribution in [1.29, 1.82) is 0 Å². The summed E-state index contributed by atoms with van der Waals surface area (Å²) in [6.07, 6.45) is 3.69. The lowest BCUT2D eigenvalue weighted by atomic mass is 10.1. The number of nitro benzene ring substituents is 1. The number of unbranched alkanes of at least 4 members (excludes halogenated alkanes) is 1. The molecule has 0 aliphatic heterocycles. The number of amides is 2. The standard InChI is InChI=1S/C22H26FN3O5S/c1-32-14-11-20(25-21(27)16-5-4-6-18(15-16)26(29)30)22(28)24-12-2-3-13-31-19-9-7-17(23)8-10-19/h4-10,15,20H,2-3,11-14H2,1H3,(H,24,28)(H,25,27). The largest absolute Gasteiger partial charge is 0.494 e. The Hall–Kier alpha value is -3.14. The molecule has 0 aromatic heterocycles. The first-order chi connectivity index (χ1) is 15.4. The molecule has 1 atom stereocenters. The zero-order chi connectivity index (χ0) is 23.3. The van der Waals surface area contributed by atoms with Gasteiger partial charge in [0.2, 0.25) is 5.91 Å². The number of halogens is 1. The van der Waals surface area contributed by atoms with Gasteiger partial charge in [-0.3, -0.25) is 19.7 Å². The van der Waals surface area contributed by atoms with E-state index in [2.05, 4.69) is 10.6 Å². The van der Waals surface area contributed by atoms with E-state index in [9.17, 15) is 24.1 Å². The van der Waals surface area contributed by atoms with Crippen LogP contribution >= 0.6 is 11.8 Å². The molecule has 0 aliphatic rings. The molecule has 32 heavy (non-hydrogen) atoms. The van der Waals surface area contributed by atoms with E-state index in [4.69, 9.17) is 4.74 Å². The Labute approximate surface area is 190 Å². The summed E-state index contributed by atoms with van der Waals surface area (Å²) in [5, 5.41) is 16.4. The van der Waals surface area contributed by atoms with E-state index in [-0.39, 0.29) is 23.0 Å². The Morgan fingerprint density at radius 2 is 1.94 bits per heavy atom. The first-order valence-corrected chi connectivity index (χ1v) is 11.5. The Balaban J connectivity index is 1.79. The van der Waals surface area contributed by atoms with Gasteiger partial charge < -0.3 is 15.4 Å². The fourth-order valence-corrected chi connectivity index (χ4v) is 3.26. The van der Waals surface area contributed by atoms with Crippen LogP contribution in [0.4, 0.5) is 10.1 Å². The monoisotopic (exact) mass is 463 g/mol. The van der Waals surface area contributed by atoms with E-state index in [1.165, 1.54) is 36.4 Å². The number of rotatable bonds is 13. The fraction of sp³-hybridized carbons (Fsp3) is 0.364. The molecular formula is C22H26FN3O5S. The number of nitrogens with one attached hydrogen (secondary N) is 2. The minimum Gasteiger partial charge on any atom is -0.494 e. The third kappa shape index (κ3) is 8.54. The molecule has 2 aromatic carbocycles. The van der Waals surface area contributed by atoms with Crippen molar-refractivity contribution in [2.75, 3.05) is 25.2 Å². The predicted octanol–water partition coefficient (Wildman–Crippen LogP) is 3.56. The first-order valence-electron chi connectivity index (χ1n) is 10.1. The van der Waals surface area contributed by atoms with E-state index < -0.39 is 16.9 Å². The van der Waals surface area contributed by atoms with Crippen LogP contribution in [0.25, 0.3) is 0 Å². The second-order valence-corrected chi connectivity index (χ2v) is 7.90. The summed E-state index contributed by atoms with van der Waals surface area (Å²) in [6, 6.07) is 10.4. The van der Waals surface area contributed by atoms with Gasteiger partial charge in [-0.05, 0) is 61.6 Å². The van der Waals surface area contributed by atoms with Crippen LogP contribution < -0.4 is 15.4 Å². The normalized spacial score (nSPS) is 11.4. The summed E-state index contributed by atoms with van der Waals surface area (Å²) in [5.41, 5.74) is -0.0651. The number of benzene rings is 2. The average Bonchev–Trinajstić information content (AvgIpc) is 2.79. The van der Waals surface area contributed by atoms with Gasteiger partial charge >= 0.3 is 0 Å². The molecule has 172 valence electrons. The summed E-state index contributed by atoms with van der Waals surface area (Å²) < 4.78 is 18.4. The smallest absolute Gasteiger partial charge is 0.270 e. The van der Waals surface area contributed by atoms with Gasteiger partial charge in [-0.1, -0.05) is 6.07 Å². The lowest BCUT2D eigenvalue weighted by molar-refractivity contribution is -0.384. The number of nitro groups is 1. The van der Waals surface area contributed by atoms with Crippen molar-refractivity contribution in [3.8, 4) is 5.75 Å². The van der Waals surface area contributed by atoms with E-state index in [1.54, 1.807) is 23.9 Å². The summed E-state index contributed by atoms with van der Waals surface area (Å²) >= 11 is 1.55. The van der Waals surface area contributed by atoms with E-state index in [0.717, 1.165) is 0 Å². The van der Waals surface area contributed by atoms with Crippen molar-refractivity contribution in [3.05, 3.63) is 70.0 Å². The number of hydrogen-bond acceptors (Lipinski definition) is 6. The number of nitrogens with zero attached hydrogens (tertiary/aromatic N) is 1. The van der Waals surface area contributed by atoms with E-state index >= 15 is 0 Å². The van der Waals surface area contributed by atoms with E-state index in [0.29, 0.717) is 43.9 Å². The molecule has 8 nitrogen and oxygen atoms in total. The maximum absolute atomic E-state index is 12.9. The summed E-state index contributed by atoms with van der Waals surface area (Å²) in [4.78, 5) is 35.4. The molecule has 2 N–H and O–H groups in total. The van der Waals surface area contributed by atoms with Gasteiger partial charge in [0.25, 0.3) is 11.6 Å². The van der Waals surface area contributed by atoms with Crippen molar-refractivity contribution >= 4 is 29.3 Å². The van der Waals surface area contributed by atoms with Crippen LogP contribution in [0.2, 0.25) is 0 Å². The highest BCUT2D eigenvalue weighted by molar-refractivity contribution is 7.98. The molecule has 0 bridgehead atoms. The minimum absolute atomic E-state index is 0.124. The Morgan fingerprint density at radius 3 is 2.62 bits per heavy atom. The third-order valence-corrected chi connectivity index (χ3v) is 5.15. The van der Waals surface area contributed by atoms with Crippen LogP contribution in [0.1, 0.15) is 29.6 Å². The second kappa shape index (κ2) is 13.3. The molecule has 1 unspecified atom stereocenters. The first kappa shape index (κ1) is 25.1. The zero-order valence-corrected chi connectivity index (χ0v) is 18.5. The summed E-state index contributed by atoms with van der Waals surface area (Å²) in [5.74, 6) is 0.0729. The van der Waals surface area contributed by atoms with Gasteiger partial charge in [0.15, 0.2) is 0 Å². The van der Waals surface area contributed by atoms with Crippen molar-refractivity contribution in [2.24, 2.45) is 0 Å². The fourth-order valence-electron chi connectivity index (χ4n) is 2.79. The highest BCUT2D eigenvalue weighted by Crippen LogP contribution is 2.14. The Kier molecular flexibility index (Phi) is 10.5. The maximum atomic E-state index is 12.9. The van der Waals surface area contributed by atoms with Crippen molar-refractivity contribution in [1.82, 2.24) is 10.6 Å². The molecule has 2 amide bonds. The van der Waals surface area contributed by atoms with Crippen molar-refractivity contribution < 1.29 is 23.6 Å². The maximum Gasteiger partial charge on any atom is 0.270 e. The lowest BCUT2D eigenvalue weighted by Gasteiger charge is -2.18. The average molecular weight is 464 g/mol. The number of carbonyl (C=O) groups excluding carboxylic acids is 2. The highest BCUT2D eigenvalue weighted by Gasteiger charge is 2.21. The Bertz CT molecular complexity index is 911. The van der Waals surface area contributed by atoms with Crippen LogP contribution in [-0.4, -0.2) is 47.9 Å². The number of carbonyl (C=O) groups is 2. The van der Waals surface area contributed by atoms with Crippen molar-refractivity contribution in [2.45, 2.75) is 25.3 Å². The van der Waals surface area contributed by atoms with Gasteiger partial charge in [0.05, 0.1) is 11.5 Å². The van der Waals surface area contributed by atoms with Crippen LogP contribution in [0.3, 0.4) is 0 Å². The van der Waals surface area contributed by atoms with Gasteiger partial charge in [-0.2, -0.15) is 11.8 Å². The quantitative estimate of drug-likeness (QED) is 0.267. The zero-order valence-electron chi connectivity index (χ0n) is 17.7. The second-order valence-electron chi connectivity index (χ2n) is 6.92. The van der Waals surface area contributed by atoms with Gasteiger partial charge in [0, 0.05) is 24.2 Å². The van der Waals surface area contributed by atoms with E-state index in [1.807, 2.05) is 6.26 Å². The topological polar surface area (TPSA) is 111 Å². The molecular weight excluding hydrogens is 437 g/mol. The van der Waals surface area contributed by atoms with Crippen LogP contribution in [0.5, 0.6) is 5.75 Å². The number of thioether (sulfide) groups is 1. The molecule has 0 heterocycles. The molecule has 2 rings (SSSR count). The van der Waals surface area contributed by atoms with Crippen LogP contribution in [0, 0.1) is 15.9 Å². The molecule has 0 radical (unpaired) electrons. The molecule has 10 heteroatoms. The predicted molar refractivity (Wildman–Crippen MR) is 121 cm³/mol. The van der Waals surface area contributed by atoms with Gasteiger partial charge in [-0.15, -0.1) is 0 Å². The molecule has 0 saturated heterocycles. The molecule has 0 spiro atoms. The molecule has 2 aromatic rings. The summed E-state index contributed by atoms with van der Waals surface area (Å²) in [6.45, 7) is 0.842.